The molecule has 0 aliphatic carbocycles. The van der Waals surface area contributed by atoms with E-state index in [1.807, 2.05) is 0 Å². The molecule has 0 atom stereocenters. The predicted molar refractivity (Wildman–Crippen MR) is 107 cm³/mol. The van der Waals surface area contributed by atoms with Crippen molar-refractivity contribution in [3.05, 3.63) is 52.6 Å². The fourth-order valence-electron chi connectivity index (χ4n) is 3.15. The van der Waals surface area contributed by atoms with Gasteiger partial charge >= 0.3 is 0 Å². The largest absolute Gasteiger partial charge is 0.394 e. The van der Waals surface area contributed by atoms with E-state index >= 15 is 0 Å². The second-order valence-electron chi connectivity index (χ2n) is 7.84. The lowest BCUT2D eigenvalue weighted by Crippen LogP contribution is -2.49. The molecule has 1 aromatic carbocycles. The Balaban J connectivity index is 1.90. The van der Waals surface area contributed by atoms with Gasteiger partial charge in [-0.15, -0.1) is 0 Å². The molecule has 3 N–H and O–H groups in total. The van der Waals surface area contributed by atoms with Crippen LogP contribution in [-0.4, -0.2) is 46.0 Å². The Morgan fingerprint density at radius 3 is 2.67 bits per heavy atom. The molecule has 160 valence electrons. The zero-order valence-corrected chi connectivity index (χ0v) is 17.0. The SMILES string of the molecule is Cc1cc(NC(=O)c2cc(C(=O)C(=O)NC(C)(C)CO)n3c2COCC3)ccc1F. The van der Waals surface area contributed by atoms with Crippen LogP contribution in [0.25, 0.3) is 0 Å². The van der Waals surface area contributed by atoms with Gasteiger partial charge < -0.3 is 25.0 Å². The molecule has 1 aliphatic rings. The summed E-state index contributed by atoms with van der Waals surface area (Å²) in [5.41, 5.74) is 0.581. The minimum Gasteiger partial charge on any atom is -0.394 e. The number of nitrogens with zero attached hydrogens (tertiary/aromatic N) is 1. The number of benzene rings is 1. The number of anilines is 1. The van der Waals surface area contributed by atoms with Gasteiger partial charge in [0.05, 0.1) is 42.3 Å². The molecular formula is C21H24FN3O5. The van der Waals surface area contributed by atoms with Crippen LogP contribution in [-0.2, 0) is 22.7 Å². The number of Topliss-reactive ketones (excluding diaryl/α,β-unsaturated/α-hetero) is 1. The van der Waals surface area contributed by atoms with Crippen molar-refractivity contribution in [2.24, 2.45) is 0 Å². The summed E-state index contributed by atoms with van der Waals surface area (Å²) >= 11 is 0. The van der Waals surface area contributed by atoms with Gasteiger partial charge in [-0.1, -0.05) is 0 Å². The number of hydrogen-bond donors (Lipinski definition) is 3. The fraction of sp³-hybridized carbons (Fsp3) is 0.381. The Hall–Kier alpha value is -3.04. The van der Waals surface area contributed by atoms with Gasteiger partial charge in [0.15, 0.2) is 0 Å². The van der Waals surface area contributed by atoms with Crippen LogP contribution in [0.4, 0.5) is 10.1 Å². The molecule has 0 bridgehead atoms. The fourth-order valence-corrected chi connectivity index (χ4v) is 3.15. The lowest BCUT2D eigenvalue weighted by atomic mass is 10.1. The number of hydrogen-bond acceptors (Lipinski definition) is 5. The summed E-state index contributed by atoms with van der Waals surface area (Å²) in [6.07, 6.45) is 0. The number of fused-ring (bicyclic) bond motifs is 1. The Morgan fingerprint density at radius 1 is 1.27 bits per heavy atom. The number of aromatic nitrogens is 1. The monoisotopic (exact) mass is 417 g/mol. The number of ketones is 1. The van der Waals surface area contributed by atoms with Crippen molar-refractivity contribution >= 4 is 23.3 Å². The van der Waals surface area contributed by atoms with Crippen LogP contribution in [0.1, 0.15) is 46.0 Å². The van der Waals surface area contributed by atoms with E-state index in [0.717, 1.165) is 0 Å². The topological polar surface area (TPSA) is 110 Å². The zero-order chi connectivity index (χ0) is 22.1. The van der Waals surface area contributed by atoms with Crippen molar-refractivity contribution < 1.29 is 28.6 Å². The van der Waals surface area contributed by atoms with E-state index < -0.39 is 23.1 Å². The van der Waals surface area contributed by atoms with Crippen molar-refractivity contribution in [1.82, 2.24) is 9.88 Å². The molecule has 1 aromatic heterocycles. The molecule has 0 saturated heterocycles. The first-order valence-electron chi connectivity index (χ1n) is 9.48. The Bertz CT molecular complexity index is 1010. The van der Waals surface area contributed by atoms with Crippen molar-refractivity contribution in [3.8, 4) is 0 Å². The van der Waals surface area contributed by atoms with Crippen molar-refractivity contribution in [1.29, 1.82) is 0 Å². The number of aliphatic hydroxyl groups excluding tert-OH is 1. The minimum absolute atomic E-state index is 0.0694. The molecule has 2 aromatic rings. The van der Waals surface area contributed by atoms with Gasteiger partial charge in [-0.05, 0) is 50.6 Å². The van der Waals surface area contributed by atoms with E-state index in [9.17, 15) is 23.9 Å². The minimum atomic E-state index is -0.964. The molecule has 2 heterocycles. The lowest BCUT2D eigenvalue weighted by Gasteiger charge is -2.23. The van der Waals surface area contributed by atoms with E-state index in [0.29, 0.717) is 30.1 Å². The molecule has 0 unspecified atom stereocenters. The van der Waals surface area contributed by atoms with E-state index in [1.165, 1.54) is 24.3 Å². The van der Waals surface area contributed by atoms with Crippen LogP contribution in [0, 0.1) is 12.7 Å². The standard InChI is InChI=1S/C21H24FN3O5/c1-12-8-13(4-5-15(12)22)23-19(28)14-9-16(25-6-7-30-10-17(14)25)18(27)20(29)24-21(2,3)11-26/h4-5,8-9,26H,6-7,10-11H2,1-3H3,(H,23,28)(H,24,29). The average molecular weight is 417 g/mol. The van der Waals surface area contributed by atoms with E-state index in [2.05, 4.69) is 10.6 Å². The molecule has 1 aliphatic heterocycles. The Labute approximate surface area is 173 Å². The highest BCUT2D eigenvalue weighted by Crippen LogP contribution is 2.23. The van der Waals surface area contributed by atoms with Crippen LogP contribution in [0.2, 0.25) is 0 Å². The maximum Gasteiger partial charge on any atom is 0.294 e. The summed E-state index contributed by atoms with van der Waals surface area (Å²) in [6.45, 7) is 5.19. The smallest absolute Gasteiger partial charge is 0.294 e. The molecule has 9 heteroatoms. The molecule has 2 amide bonds. The van der Waals surface area contributed by atoms with Crippen LogP contribution in [0.15, 0.2) is 24.3 Å². The summed E-state index contributed by atoms with van der Waals surface area (Å²) < 4.78 is 20.5. The van der Waals surface area contributed by atoms with Crippen molar-refractivity contribution in [2.75, 3.05) is 18.5 Å². The molecule has 0 saturated carbocycles. The summed E-state index contributed by atoms with van der Waals surface area (Å²) in [6, 6.07) is 5.56. The van der Waals surface area contributed by atoms with E-state index in [4.69, 9.17) is 4.74 Å². The molecular weight excluding hydrogens is 393 g/mol. The van der Waals surface area contributed by atoms with Crippen LogP contribution in [0.3, 0.4) is 0 Å². The number of aryl methyl sites for hydroxylation is 1. The van der Waals surface area contributed by atoms with Gasteiger partial charge in [0, 0.05) is 12.2 Å². The first-order valence-corrected chi connectivity index (χ1v) is 9.48. The number of amides is 2. The highest BCUT2D eigenvalue weighted by molar-refractivity contribution is 6.42. The van der Waals surface area contributed by atoms with Gasteiger partial charge in [0.25, 0.3) is 17.6 Å². The van der Waals surface area contributed by atoms with Gasteiger partial charge in [-0.3, -0.25) is 14.4 Å². The number of nitrogens with one attached hydrogen (secondary N) is 2. The first kappa shape index (κ1) is 21.7. The normalized spacial score (nSPS) is 13.5. The van der Waals surface area contributed by atoms with Crippen LogP contribution in [0.5, 0.6) is 0 Å². The molecule has 30 heavy (non-hydrogen) atoms. The highest BCUT2D eigenvalue weighted by Gasteiger charge is 2.31. The summed E-state index contributed by atoms with van der Waals surface area (Å²) in [5, 5.41) is 14.5. The van der Waals surface area contributed by atoms with Gasteiger partial charge in [-0.2, -0.15) is 0 Å². The van der Waals surface area contributed by atoms with E-state index in [-0.39, 0.29) is 30.3 Å². The Kier molecular flexibility index (Phi) is 6.04. The van der Waals surface area contributed by atoms with E-state index in [1.54, 1.807) is 25.3 Å². The van der Waals surface area contributed by atoms with Gasteiger partial charge in [0.2, 0.25) is 0 Å². The maximum atomic E-state index is 13.5. The number of aliphatic hydroxyl groups is 1. The summed E-state index contributed by atoms with van der Waals surface area (Å²) in [5.74, 6) is -2.56. The molecule has 0 spiro atoms. The number of ether oxygens (including phenoxy) is 1. The number of carbonyl (C=O) groups excluding carboxylic acids is 3. The third-order valence-corrected chi connectivity index (χ3v) is 4.85. The molecule has 3 rings (SSSR count). The molecule has 8 nitrogen and oxygen atoms in total. The molecule has 0 radical (unpaired) electrons. The zero-order valence-electron chi connectivity index (χ0n) is 17.0. The quantitative estimate of drug-likeness (QED) is 0.490. The lowest BCUT2D eigenvalue weighted by molar-refractivity contribution is -0.119. The second kappa shape index (κ2) is 8.37. The summed E-state index contributed by atoms with van der Waals surface area (Å²) in [4.78, 5) is 38.0. The van der Waals surface area contributed by atoms with Crippen molar-refractivity contribution in [3.63, 3.8) is 0 Å². The van der Waals surface area contributed by atoms with Gasteiger partial charge in [0.1, 0.15) is 5.82 Å². The Morgan fingerprint density at radius 2 is 2.00 bits per heavy atom. The second-order valence-corrected chi connectivity index (χ2v) is 7.84. The van der Waals surface area contributed by atoms with Gasteiger partial charge in [-0.25, -0.2) is 4.39 Å². The van der Waals surface area contributed by atoms with Crippen molar-refractivity contribution in [2.45, 2.75) is 39.5 Å². The third-order valence-electron chi connectivity index (χ3n) is 4.85. The highest BCUT2D eigenvalue weighted by atomic mass is 19.1. The maximum absolute atomic E-state index is 13.5. The number of carbonyl (C=O) groups is 3. The van der Waals surface area contributed by atoms with Crippen LogP contribution < -0.4 is 10.6 Å². The number of halogens is 1. The van der Waals surface area contributed by atoms with Crippen LogP contribution >= 0.6 is 0 Å². The number of rotatable bonds is 6. The third kappa shape index (κ3) is 4.42. The average Bonchev–Trinajstić information content (AvgIpc) is 3.09. The predicted octanol–water partition coefficient (Wildman–Crippen LogP) is 1.79. The first-order chi connectivity index (χ1) is 14.1. The molecule has 0 fully saturated rings. The summed E-state index contributed by atoms with van der Waals surface area (Å²) in [7, 11) is 0.